The molecule has 0 unspecified atom stereocenters. The van der Waals surface area contributed by atoms with Crippen molar-refractivity contribution >= 4 is 39.1 Å². The van der Waals surface area contributed by atoms with E-state index >= 15 is 0 Å². The Balaban J connectivity index is 2.82. The summed E-state index contributed by atoms with van der Waals surface area (Å²) in [5.41, 5.74) is -0.321. The van der Waals surface area contributed by atoms with E-state index in [1.54, 1.807) is 19.9 Å². The maximum absolute atomic E-state index is 11.7. The van der Waals surface area contributed by atoms with Gasteiger partial charge in [-0.25, -0.2) is 4.98 Å². The standard InChI is InChI=1S/C10H12BrClN2O2/c1-10(2,16-3)9(15)14-6-4-7(11)8(12)13-5-6/h4-5H,1-3H3,(H,14,15). The van der Waals surface area contributed by atoms with Gasteiger partial charge in [-0.05, 0) is 35.8 Å². The van der Waals surface area contributed by atoms with Crippen LogP contribution < -0.4 is 5.32 Å². The second-order valence-electron chi connectivity index (χ2n) is 3.67. The Labute approximate surface area is 107 Å². The van der Waals surface area contributed by atoms with Crippen LogP contribution in [0, 0.1) is 0 Å². The van der Waals surface area contributed by atoms with Crippen molar-refractivity contribution in [3.63, 3.8) is 0 Å². The summed E-state index contributed by atoms with van der Waals surface area (Å²) in [6, 6.07) is 1.68. The predicted molar refractivity (Wildman–Crippen MR) is 66.7 cm³/mol. The Morgan fingerprint density at radius 3 is 2.75 bits per heavy atom. The zero-order valence-corrected chi connectivity index (χ0v) is 11.5. The number of hydrogen-bond acceptors (Lipinski definition) is 3. The van der Waals surface area contributed by atoms with Crippen molar-refractivity contribution in [1.29, 1.82) is 0 Å². The third-order valence-electron chi connectivity index (χ3n) is 2.11. The van der Waals surface area contributed by atoms with Gasteiger partial charge in [0.15, 0.2) is 0 Å². The first kappa shape index (κ1) is 13.4. The van der Waals surface area contributed by atoms with Crippen molar-refractivity contribution < 1.29 is 9.53 Å². The molecule has 1 aromatic heterocycles. The normalized spacial score (nSPS) is 11.3. The van der Waals surface area contributed by atoms with E-state index in [2.05, 4.69) is 26.2 Å². The van der Waals surface area contributed by atoms with Gasteiger partial charge in [0.2, 0.25) is 0 Å². The number of carbonyl (C=O) groups is 1. The number of carbonyl (C=O) groups excluding carboxylic acids is 1. The molecule has 88 valence electrons. The first-order chi connectivity index (χ1) is 7.36. The summed E-state index contributed by atoms with van der Waals surface area (Å²) in [7, 11) is 1.48. The number of pyridine rings is 1. The minimum Gasteiger partial charge on any atom is -0.369 e. The summed E-state index contributed by atoms with van der Waals surface area (Å²) in [6.45, 7) is 3.36. The smallest absolute Gasteiger partial charge is 0.256 e. The first-order valence-electron chi connectivity index (χ1n) is 4.54. The number of nitrogens with zero attached hydrogens (tertiary/aromatic N) is 1. The van der Waals surface area contributed by atoms with Crippen LogP contribution in [0.5, 0.6) is 0 Å². The van der Waals surface area contributed by atoms with E-state index in [1.807, 2.05) is 0 Å². The van der Waals surface area contributed by atoms with Gasteiger partial charge in [0, 0.05) is 7.11 Å². The van der Waals surface area contributed by atoms with Crippen molar-refractivity contribution in [3.8, 4) is 0 Å². The number of rotatable bonds is 3. The molecule has 0 atom stereocenters. The molecule has 0 bridgehead atoms. The number of hydrogen-bond donors (Lipinski definition) is 1. The molecular weight excluding hydrogens is 295 g/mol. The van der Waals surface area contributed by atoms with Gasteiger partial charge in [-0.3, -0.25) is 4.79 Å². The van der Waals surface area contributed by atoms with Gasteiger partial charge >= 0.3 is 0 Å². The molecule has 0 aliphatic heterocycles. The molecule has 1 heterocycles. The maximum Gasteiger partial charge on any atom is 0.256 e. The molecule has 1 aromatic rings. The molecule has 0 saturated heterocycles. The summed E-state index contributed by atoms with van der Waals surface area (Å²) in [5, 5.41) is 3.04. The van der Waals surface area contributed by atoms with Crippen LogP contribution in [0.15, 0.2) is 16.7 Å². The van der Waals surface area contributed by atoms with Crippen LogP contribution in [-0.2, 0) is 9.53 Å². The van der Waals surface area contributed by atoms with E-state index in [9.17, 15) is 4.79 Å². The molecular formula is C10H12BrClN2O2. The van der Waals surface area contributed by atoms with E-state index < -0.39 is 5.60 Å². The van der Waals surface area contributed by atoms with Crippen LogP contribution in [0.3, 0.4) is 0 Å². The van der Waals surface area contributed by atoms with Crippen LogP contribution in [0.1, 0.15) is 13.8 Å². The predicted octanol–water partition coefficient (Wildman–Crippen LogP) is 2.86. The lowest BCUT2D eigenvalue weighted by Crippen LogP contribution is -2.38. The number of anilines is 1. The number of aromatic nitrogens is 1. The van der Waals surface area contributed by atoms with Gasteiger partial charge in [-0.2, -0.15) is 0 Å². The fourth-order valence-electron chi connectivity index (χ4n) is 0.864. The maximum atomic E-state index is 11.7. The van der Waals surface area contributed by atoms with Crippen molar-refractivity contribution in [2.24, 2.45) is 0 Å². The highest BCUT2D eigenvalue weighted by atomic mass is 79.9. The molecule has 1 amide bonds. The molecule has 0 saturated carbocycles. The second kappa shape index (κ2) is 5.12. The lowest BCUT2D eigenvalue weighted by Gasteiger charge is -2.21. The Morgan fingerprint density at radius 1 is 1.62 bits per heavy atom. The number of ether oxygens (including phenoxy) is 1. The Kier molecular flexibility index (Phi) is 4.29. The molecule has 4 nitrogen and oxygen atoms in total. The number of amides is 1. The zero-order valence-electron chi connectivity index (χ0n) is 9.17. The Morgan fingerprint density at radius 2 is 2.25 bits per heavy atom. The van der Waals surface area contributed by atoms with Crippen LogP contribution in [-0.4, -0.2) is 23.6 Å². The molecule has 0 aliphatic rings. The number of methoxy groups -OCH3 is 1. The molecule has 0 fully saturated rings. The van der Waals surface area contributed by atoms with Crippen LogP contribution in [0.2, 0.25) is 5.15 Å². The lowest BCUT2D eigenvalue weighted by atomic mass is 10.1. The largest absolute Gasteiger partial charge is 0.369 e. The Hall–Kier alpha value is -0.650. The van der Waals surface area contributed by atoms with Gasteiger partial charge < -0.3 is 10.1 Å². The first-order valence-corrected chi connectivity index (χ1v) is 5.71. The van der Waals surface area contributed by atoms with Crippen molar-refractivity contribution in [3.05, 3.63) is 21.9 Å². The summed E-state index contributed by atoms with van der Waals surface area (Å²) in [6.07, 6.45) is 1.48. The van der Waals surface area contributed by atoms with Gasteiger partial charge in [0.25, 0.3) is 5.91 Å². The number of nitrogens with one attached hydrogen (secondary N) is 1. The highest BCUT2D eigenvalue weighted by Gasteiger charge is 2.27. The minimum atomic E-state index is -0.883. The van der Waals surface area contributed by atoms with Gasteiger partial charge in [-0.15, -0.1) is 0 Å². The van der Waals surface area contributed by atoms with Gasteiger partial charge in [-0.1, -0.05) is 11.6 Å². The van der Waals surface area contributed by atoms with Crippen LogP contribution in [0.4, 0.5) is 5.69 Å². The van der Waals surface area contributed by atoms with Crippen molar-refractivity contribution in [1.82, 2.24) is 4.98 Å². The summed E-state index contributed by atoms with van der Waals surface area (Å²) < 4.78 is 5.68. The summed E-state index contributed by atoms with van der Waals surface area (Å²) in [4.78, 5) is 15.7. The van der Waals surface area contributed by atoms with Crippen LogP contribution in [0.25, 0.3) is 0 Å². The molecule has 1 N–H and O–H groups in total. The zero-order chi connectivity index (χ0) is 12.3. The molecule has 6 heteroatoms. The Bertz CT molecular complexity index is 410. The molecule has 0 radical (unpaired) electrons. The summed E-state index contributed by atoms with van der Waals surface area (Å²) >= 11 is 8.97. The van der Waals surface area contributed by atoms with E-state index in [0.29, 0.717) is 15.3 Å². The van der Waals surface area contributed by atoms with Crippen molar-refractivity contribution in [2.75, 3.05) is 12.4 Å². The second-order valence-corrected chi connectivity index (χ2v) is 4.88. The highest BCUT2D eigenvalue weighted by Crippen LogP contribution is 2.23. The average Bonchev–Trinajstić information content (AvgIpc) is 2.23. The monoisotopic (exact) mass is 306 g/mol. The highest BCUT2D eigenvalue weighted by molar-refractivity contribution is 9.10. The average molecular weight is 308 g/mol. The van der Waals surface area contributed by atoms with E-state index in [4.69, 9.17) is 16.3 Å². The molecule has 0 aromatic carbocycles. The molecule has 1 rings (SSSR count). The topological polar surface area (TPSA) is 51.2 Å². The molecule has 0 aliphatic carbocycles. The van der Waals surface area contributed by atoms with E-state index in [-0.39, 0.29) is 5.91 Å². The van der Waals surface area contributed by atoms with Gasteiger partial charge in [0.1, 0.15) is 10.8 Å². The third-order valence-corrected chi connectivity index (χ3v) is 3.25. The SMILES string of the molecule is COC(C)(C)C(=O)Nc1cnc(Cl)c(Br)c1. The number of halogens is 2. The lowest BCUT2D eigenvalue weighted by molar-refractivity contribution is -0.133. The third kappa shape index (κ3) is 3.17. The minimum absolute atomic E-state index is 0.244. The van der Waals surface area contributed by atoms with Gasteiger partial charge in [0.05, 0.1) is 16.4 Å². The fourth-order valence-corrected chi connectivity index (χ4v) is 1.32. The van der Waals surface area contributed by atoms with Crippen molar-refractivity contribution in [2.45, 2.75) is 19.4 Å². The fraction of sp³-hybridized carbons (Fsp3) is 0.400. The van der Waals surface area contributed by atoms with E-state index in [0.717, 1.165) is 0 Å². The summed E-state index contributed by atoms with van der Waals surface area (Å²) in [5.74, 6) is -0.244. The van der Waals surface area contributed by atoms with Crippen LogP contribution >= 0.6 is 27.5 Å². The van der Waals surface area contributed by atoms with E-state index in [1.165, 1.54) is 13.3 Å². The molecule has 0 spiro atoms. The quantitative estimate of drug-likeness (QED) is 0.874. The molecule has 16 heavy (non-hydrogen) atoms.